The fraction of sp³-hybridized carbons (Fsp3) is 0.500. The van der Waals surface area contributed by atoms with Crippen molar-refractivity contribution in [1.29, 1.82) is 0 Å². The Bertz CT molecular complexity index is 223. The van der Waals surface area contributed by atoms with Crippen LogP contribution in [0.4, 0.5) is 0 Å². The van der Waals surface area contributed by atoms with Crippen molar-refractivity contribution in [3.8, 4) is 12.3 Å². The number of hydrogen-bond acceptors (Lipinski definition) is 2. The second-order valence-corrected chi connectivity index (χ2v) is 2.57. The SMILES string of the molecule is C#CC(=O)NCC(=O)C1CC1. The van der Waals surface area contributed by atoms with Gasteiger partial charge in [-0.2, -0.15) is 0 Å². The van der Waals surface area contributed by atoms with Crippen LogP contribution in [0, 0.1) is 18.3 Å². The second kappa shape index (κ2) is 3.20. The summed E-state index contributed by atoms with van der Waals surface area (Å²) in [5.74, 6) is 1.64. The monoisotopic (exact) mass is 151 g/mol. The van der Waals surface area contributed by atoms with Crippen molar-refractivity contribution in [3.63, 3.8) is 0 Å². The van der Waals surface area contributed by atoms with E-state index in [4.69, 9.17) is 6.42 Å². The summed E-state index contributed by atoms with van der Waals surface area (Å²) in [6.45, 7) is 0.0910. The van der Waals surface area contributed by atoms with Gasteiger partial charge in [-0.3, -0.25) is 9.59 Å². The molecule has 0 radical (unpaired) electrons. The van der Waals surface area contributed by atoms with Gasteiger partial charge in [0.25, 0.3) is 5.91 Å². The van der Waals surface area contributed by atoms with E-state index in [0.29, 0.717) is 0 Å². The van der Waals surface area contributed by atoms with Gasteiger partial charge in [0, 0.05) is 5.92 Å². The number of terminal acetylenes is 1. The molecule has 0 heterocycles. The molecule has 0 unspecified atom stereocenters. The van der Waals surface area contributed by atoms with Crippen molar-refractivity contribution in [3.05, 3.63) is 0 Å². The van der Waals surface area contributed by atoms with E-state index in [-0.39, 0.29) is 18.2 Å². The smallest absolute Gasteiger partial charge is 0.295 e. The zero-order valence-corrected chi connectivity index (χ0v) is 6.09. The Labute approximate surface area is 65.2 Å². The summed E-state index contributed by atoms with van der Waals surface area (Å²) in [6, 6.07) is 0. The number of carbonyl (C=O) groups excluding carboxylic acids is 2. The van der Waals surface area contributed by atoms with E-state index in [0.717, 1.165) is 12.8 Å². The first-order valence-electron chi connectivity index (χ1n) is 3.51. The molecular weight excluding hydrogens is 142 g/mol. The summed E-state index contributed by atoms with van der Waals surface area (Å²) in [4.78, 5) is 21.4. The fourth-order valence-corrected chi connectivity index (χ4v) is 0.768. The molecule has 1 aliphatic carbocycles. The van der Waals surface area contributed by atoms with Gasteiger partial charge in [0.05, 0.1) is 6.54 Å². The molecule has 1 N–H and O–H groups in total. The molecule has 11 heavy (non-hydrogen) atoms. The summed E-state index contributed by atoms with van der Waals surface area (Å²) in [6.07, 6.45) is 6.70. The first-order valence-corrected chi connectivity index (χ1v) is 3.51. The highest BCUT2D eigenvalue weighted by molar-refractivity contribution is 5.96. The summed E-state index contributed by atoms with van der Waals surface area (Å²) in [5, 5.41) is 2.33. The molecule has 0 aromatic rings. The lowest BCUT2D eigenvalue weighted by molar-refractivity contribution is -0.123. The van der Waals surface area contributed by atoms with E-state index >= 15 is 0 Å². The first-order chi connectivity index (χ1) is 5.24. The molecule has 0 saturated heterocycles. The quantitative estimate of drug-likeness (QED) is 0.563. The minimum atomic E-state index is -0.515. The third kappa shape index (κ3) is 2.42. The molecule has 1 aliphatic rings. The number of rotatable bonds is 3. The van der Waals surface area contributed by atoms with Crippen LogP contribution in [0.5, 0.6) is 0 Å². The lowest BCUT2D eigenvalue weighted by Crippen LogP contribution is -2.28. The Morgan fingerprint density at radius 2 is 2.18 bits per heavy atom. The Hall–Kier alpha value is -1.30. The standard InChI is InChI=1S/C8H9NO2/c1-2-8(11)9-5-7(10)6-3-4-6/h1,6H,3-5H2,(H,9,11). The van der Waals surface area contributed by atoms with Crippen LogP contribution in [0.1, 0.15) is 12.8 Å². The first kappa shape index (κ1) is 7.80. The Balaban J connectivity index is 2.16. The van der Waals surface area contributed by atoms with Gasteiger partial charge < -0.3 is 5.32 Å². The number of amides is 1. The summed E-state index contributed by atoms with van der Waals surface area (Å²) >= 11 is 0. The van der Waals surface area contributed by atoms with E-state index in [1.54, 1.807) is 0 Å². The molecule has 0 aliphatic heterocycles. The van der Waals surface area contributed by atoms with Gasteiger partial charge in [-0.25, -0.2) is 0 Å². The molecule has 0 atom stereocenters. The zero-order valence-electron chi connectivity index (χ0n) is 6.09. The van der Waals surface area contributed by atoms with Gasteiger partial charge in [-0.1, -0.05) is 0 Å². The number of ketones is 1. The van der Waals surface area contributed by atoms with Crippen LogP contribution in [0.2, 0.25) is 0 Å². The van der Waals surface area contributed by atoms with Crippen molar-refractivity contribution in [2.75, 3.05) is 6.54 Å². The van der Waals surface area contributed by atoms with Crippen molar-refractivity contribution >= 4 is 11.7 Å². The molecular formula is C8H9NO2. The van der Waals surface area contributed by atoms with Gasteiger partial charge in [-0.05, 0) is 18.8 Å². The summed E-state index contributed by atoms with van der Waals surface area (Å²) in [7, 11) is 0. The van der Waals surface area contributed by atoms with Crippen molar-refractivity contribution in [2.45, 2.75) is 12.8 Å². The minimum Gasteiger partial charge on any atom is -0.338 e. The average Bonchev–Trinajstić information content (AvgIpc) is 2.81. The zero-order chi connectivity index (χ0) is 8.27. The second-order valence-electron chi connectivity index (χ2n) is 2.57. The molecule has 3 nitrogen and oxygen atoms in total. The summed E-state index contributed by atoms with van der Waals surface area (Å²) in [5.41, 5.74) is 0. The van der Waals surface area contributed by atoms with E-state index in [2.05, 4.69) is 5.32 Å². The van der Waals surface area contributed by atoms with Gasteiger partial charge in [0.15, 0.2) is 5.78 Å². The van der Waals surface area contributed by atoms with Gasteiger partial charge in [-0.15, -0.1) is 6.42 Å². The maximum atomic E-state index is 10.9. The maximum Gasteiger partial charge on any atom is 0.295 e. The molecule has 1 rings (SSSR count). The maximum absolute atomic E-state index is 10.9. The Morgan fingerprint density at radius 1 is 1.55 bits per heavy atom. The molecule has 58 valence electrons. The van der Waals surface area contributed by atoms with Gasteiger partial charge in [0.1, 0.15) is 0 Å². The lowest BCUT2D eigenvalue weighted by atomic mass is 10.2. The van der Waals surface area contributed by atoms with E-state index < -0.39 is 5.91 Å². The normalized spacial score (nSPS) is 15.2. The third-order valence-electron chi connectivity index (χ3n) is 1.59. The number of Topliss-reactive ketones (excluding diaryl/α,β-unsaturated/α-hetero) is 1. The topological polar surface area (TPSA) is 46.2 Å². The molecule has 0 aromatic heterocycles. The predicted octanol–water partition coefficient (Wildman–Crippen LogP) is -0.285. The number of nitrogens with one attached hydrogen (secondary N) is 1. The van der Waals surface area contributed by atoms with Crippen molar-refractivity contribution in [1.82, 2.24) is 5.32 Å². The molecule has 3 heteroatoms. The molecule has 1 amide bonds. The number of hydrogen-bond donors (Lipinski definition) is 1. The summed E-state index contributed by atoms with van der Waals surface area (Å²) < 4.78 is 0. The fourth-order valence-electron chi connectivity index (χ4n) is 0.768. The van der Waals surface area contributed by atoms with Crippen molar-refractivity contribution < 1.29 is 9.59 Å². The average molecular weight is 151 g/mol. The molecule has 0 spiro atoms. The van der Waals surface area contributed by atoms with Crippen LogP contribution in [0.25, 0.3) is 0 Å². The Morgan fingerprint density at radius 3 is 2.64 bits per heavy atom. The van der Waals surface area contributed by atoms with Crippen LogP contribution in [0.3, 0.4) is 0 Å². The van der Waals surface area contributed by atoms with Crippen LogP contribution in [-0.2, 0) is 9.59 Å². The van der Waals surface area contributed by atoms with Crippen LogP contribution < -0.4 is 5.32 Å². The van der Waals surface area contributed by atoms with Crippen LogP contribution >= 0.6 is 0 Å². The van der Waals surface area contributed by atoms with E-state index in [1.165, 1.54) is 0 Å². The third-order valence-corrected chi connectivity index (χ3v) is 1.59. The van der Waals surface area contributed by atoms with E-state index in [1.807, 2.05) is 5.92 Å². The highest BCUT2D eigenvalue weighted by Crippen LogP contribution is 2.29. The minimum absolute atomic E-state index is 0.0910. The highest BCUT2D eigenvalue weighted by Gasteiger charge is 2.28. The predicted molar refractivity (Wildman–Crippen MR) is 39.6 cm³/mol. The molecule has 0 bridgehead atoms. The largest absolute Gasteiger partial charge is 0.338 e. The number of carbonyl (C=O) groups is 2. The Kier molecular flexibility index (Phi) is 2.27. The molecule has 1 fully saturated rings. The van der Waals surface area contributed by atoms with Crippen LogP contribution in [-0.4, -0.2) is 18.2 Å². The lowest BCUT2D eigenvalue weighted by Gasteiger charge is -1.96. The van der Waals surface area contributed by atoms with Crippen LogP contribution in [0.15, 0.2) is 0 Å². The van der Waals surface area contributed by atoms with E-state index in [9.17, 15) is 9.59 Å². The van der Waals surface area contributed by atoms with Gasteiger partial charge in [0.2, 0.25) is 0 Å². The van der Waals surface area contributed by atoms with Crippen molar-refractivity contribution in [2.24, 2.45) is 5.92 Å². The molecule has 0 aromatic carbocycles. The molecule has 1 saturated carbocycles. The van der Waals surface area contributed by atoms with Gasteiger partial charge >= 0.3 is 0 Å². The highest BCUT2D eigenvalue weighted by atomic mass is 16.2.